The van der Waals surface area contributed by atoms with Gasteiger partial charge in [0.15, 0.2) is 0 Å². The second-order valence-corrected chi connectivity index (χ2v) is 12.0. The molecule has 1 aromatic heterocycles. The highest BCUT2D eigenvalue weighted by molar-refractivity contribution is 7.90. The zero-order valence-corrected chi connectivity index (χ0v) is 21.5. The topological polar surface area (TPSA) is 52.7 Å². The summed E-state index contributed by atoms with van der Waals surface area (Å²) in [5.41, 5.74) is 2.03. The quantitative estimate of drug-likeness (QED) is 0.491. The molecule has 1 atom stereocenters. The van der Waals surface area contributed by atoms with Gasteiger partial charge in [0, 0.05) is 22.8 Å². The normalized spacial score (nSPS) is 17.8. The molecule has 1 aromatic carbocycles. The molecule has 7 heteroatoms. The van der Waals surface area contributed by atoms with E-state index in [2.05, 4.69) is 34.9 Å². The molecule has 1 aliphatic heterocycles. The van der Waals surface area contributed by atoms with Gasteiger partial charge in [-0.25, -0.2) is 0 Å². The molecule has 3 rings (SSSR count). The summed E-state index contributed by atoms with van der Waals surface area (Å²) in [5, 5.41) is 3.48. The Labute approximate surface area is 193 Å². The first-order valence-corrected chi connectivity index (χ1v) is 14.0. The summed E-state index contributed by atoms with van der Waals surface area (Å²) >= 11 is 1.76. The average molecular weight is 466 g/mol. The van der Waals surface area contributed by atoms with Crippen LogP contribution in [-0.2, 0) is 10.2 Å². The Hall–Kier alpha value is -1.15. The van der Waals surface area contributed by atoms with E-state index in [4.69, 9.17) is 0 Å². The van der Waals surface area contributed by atoms with Crippen LogP contribution in [0, 0.1) is 0 Å². The van der Waals surface area contributed by atoms with Crippen molar-refractivity contribution < 1.29 is 8.42 Å². The van der Waals surface area contributed by atoms with Gasteiger partial charge < -0.3 is 4.90 Å². The lowest BCUT2D eigenvalue weighted by Crippen LogP contribution is -2.45. The maximum absolute atomic E-state index is 13.0. The minimum Gasteiger partial charge on any atom is -0.301 e. The largest absolute Gasteiger partial charge is 0.302 e. The summed E-state index contributed by atoms with van der Waals surface area (Å²) in [5.74, 6) is 0.550. The Bertz CT molecular complexity index is 952. The van der Waals surface area contributed by atoms with Crippen LogP contribution < -0.4 is 4.72 Å². The SMILES string of the molecule is CCCC(C)N1CCC(c2csc3ccc(NS(=O)(=O)N(C(C)C)C(C)C)cc23)CC1. The average Bonchev–Trinajstić information content (AvgIpc) is 3.10. The van der Waals surface area contributed by atoms with E-state index >= 15 is 0 Å². The fourth-order valence-corrected chi connectivity index (χ4v) is 7.70. The number of thiophene rings is 1. The van der Waals surface area contributed by atoms with Crippen LogP contribution in [0.3, 0.4) is 0 Å². The van der Waals surface area contributed by atoms with Gasteiger partial charge >= 0.3 is 10.2 Å². The first-order chi connectivity index (χ1) is 14.6. The fourth-order valence-electron chi connectivity index (χ4n) is 5.03. The molecule has 5 nitrogen and oxygen atoms in total. The monoisotopic (exact) mass is 465 g/mol. The Balaban J connectivity index is 1.79. The number of hydrogen-bond donors (Lipinski definition) is 1. The Morgan fingerprint density at radius 3 is 2.35 bits per heavy atom. The minimum atomic E-state index is -3.61. The smallest absolute Gasteiger partial charge is 0.301 e. The van der Waals surface area contributed by atoms with Gasteiger partial charge in [0.2, 0.25) is 0 Å². The maximum Gasteiger partial charge on any atom is 0.302 e. The second-order valence-electron chi connectivity index (χ2n) is 9.47. The van der Waals surface area contributed by atoms with Crippen molar-refractivity contribution in [1.82, 2.24) is 9.21 Å². The first kappa shape index (κ1) is 24.5. The van der Waals surface area contributed by atoms with Crippen LogP contribution in [-0.4, -0.2) is 48.8 Å². The van der Waals surface area contributed by atoms with Gasteiger partial charge in [-0.15, -0.1) is 11.3 Å². The van der Waals surface area contributed by atoms with E-state index in [1.54, 1.807) is 11.3 Å². The lowest BCUT2D eigenvalue weighted by molar-refractivity contribution is 0.155. The summed E-state index contributed by atoms with van der Waals surface area (Å²) in [6.45, 7) is 14.5. The number of anilines is 1. The van der Waals surface area contributed by atoms with E-state index in [0.29, 0.717) is 17.6 Å². The molecule has 0 amide bonds. The van der Waals surface area contributed by atoms with Crippen molar-refractivity contribution in [2.75, 3.05) is 17.8 Å². The van der Waals surface area contributed by atoms with Crippen molar-refractivity contribution in [3.05, 3.63) is 29.1 Å². The number of benzene rings is 1. The van der Waals surface area contributed by atoms with Gasteiger partial charge in [-0.3, -0.25) is 4.72 Å². The van der Waals surface area contributed by atoms with E-state index < -0.39 is 10.2 Å². The summed E-state index contributed by atoms with van der Waals surface area (Å²) < 4.78 is 31.6. The number of rotatable bonds is 9. The second kappa shape index (κ2) is 10.2. The summed E-state index contributed by atoms with van der Waals surface area (Å²) in [7, 11) is -3.61. The molecule has 174 valence electrons. The number of nitrogens with one attached hydrogen (secondary N) is 1. The van der Waals surface area contributed by atoms with Crippen molar-refractivity contribution in [1.29, 1.82) is 0 Å². The number of fused-ring (bicyclic) bond motifs is 1. The van der Waals surface area contributed by atoms with Crippen molar-refractivity contribution in [3.63, 3.8) is 0 Å². The highest BCUT2D eigenvalue weighted by atomic mass is 32.2. The molecule has 1 saturated heterocycles. The molecule has 1 aliphatic rings. The van der Waals surface area contributed by atoms with Gasteiger partial charge in [-0.05, 0) is 107 Å². The van der Waals surface area contributed by atoms with E-state index in [0.717, 1.165) is 13.1 Å². The Morgan fingerprint density at radius 2 is 1.77 bits per heavy atom. The molecular formula is C24H39N3O2S2. The van der Waals surface area contributed by atoms with E-state index in [1.807, 2.05) is 39.8 Å². The van der Waals surface area contributed by atoms with Gasteiger partial charge in [-0.2, -0.15) is 12.7 Å². The molecular weight excluding hydrogens is 426 g/mol. The molecule has 2 heterocycles. The molecule has 0 aliphatic carbocycles. The summed E-state index contributed by atoms with van der Waals surface area (Å²) in [6, 6.07) is 6.43. The third-order valence-corrected chi connectivity index (χ3v) is 9.32. The number of hydrogen-bond acceptors (Lipinski definition) is 4. The number of likely N-dealkylation sites (tertiary alicyclic amines) is 1. The van der Waals surface area contributed by atoms with Crippen LogP contribution in [0.2, 0.25) is 0 Å². The molecule has 0 radical (unpaired) electrons. The minimum absolute atomic E-state index is 0.0989. The predicted molar refractivity (Wildman–Crippen MR) is 134 cm³/mol. The van der Waals surface area contributed by atoms with Crippen LogP contribution in [0.5, 0.6) is 0 Å². The third-order valence-electron chi connectivity index (χ3n) is 6.44. The maximum atomic E-state index is 13.0. The standard InChI is InChI=1S/C24H39N3O2S2/c1-7-8-19(6)26-13-11-20(12-14-26)23-16-30-24-10-9-21(15-22(23)24)25-31(28,29)27(17(2)3)18(4)5/h9-10,15-20,25H,7-8,11-14H2,1-6H3. The Morgan fingerprint density at radius 1 is 1.13 bits per heavy atom. The highest BCUT2D eigenvalue weighted by Gasteiger charge is 2.28. The first-order valence-electron chi connectivity index (χ1n) is 11.7. The van der Waals surface area contributed by atoms with Crippen molar-refractivity contribution in [2.45, 2.75) is 91.3 Å². The molecule has 31 heavy (non-hydrogen) atoms. The van der Waals surface area contributed by atoms with E-state index in [9.17, 15) is 8.42 Å². The summed E-state index contributed by atoms with van der Waals surface area (Å²) in [4.78, 5) is 2.63. The molecule has 0 spiro atoms. The zero-order chi connectivity index (χ0) is 22.8. The van der Waals surface area contributed by atoms with Crippen LogP contribution in [0.4, 0.5) is 5.69 Å². The zero-order valence-electron chi connectivity index (χ0n) is 19.9. The third kappa shape index (κ3) is 5.62. The molecule has 0 saturated carbocycles. The van der Waals surface area contributed by atoms with Crippen molar-refractivity contribution in [2.24, 2.45) is 0 Å². The molecule has 2 aromatic rings. The molecule has 0 bridgehead atoms. The van der Waals surface area contributed by atoms with Crippen LogP contribution in [0.25, 0.3) is 10.1 Å². The van der Waals surface area contributed by atoms with Gasteiger partial charge in [0.25, 0.3) is 0 Å². The lowest BCUT2D eigenvalue weighted by Gasteiger charge is -2.36. The molecule has 1 N–H and O–H groups in total. The van der Waals surface area contributed by atoms with Crippen LogP contribution >= 0.6 is 11.3 Å². The van der Waals surface area contributed by atoms with Gasteiger partial charge in [-0.1, -0.05) is 13.3 Å². The van der Waals surface area contributed by atoms with Crippen molar-refractivity contribution >= 4 is 37.3 Å². The van der Waals surface area contributed by atoms with Gasteiger partial charge in [0.05, 0.1) is 5.69 Å². The molecule has 1 unspecified atom stereocenters. The fraction of sp³-hybridized carbons (Fsp3) is 0.667. The Kier molecular flexibility index (Phi) is 8.05. The van der Waals surface area contributed by atoms with E-state index in [-0.39, 0.29) is 12.1 Å². The van der Waals surface area contributed by atoms with E-state index in [1.165, 1.54) is 45.6 Å². The number of nitrogens with zero attached hydrogens (tertiary/aromatic N) is 2. The predicted octanol–water partition coefficient (Wildman–Crippen LogP) is 6.04. The van der Waals surface area contributed by atoms with Crippen LogP contribution in [0.15, 0.2) is 23.6 Å². The lowest BCUT2D eigenvalue weighted by atomic mass is 9.88. The van der Waals surface area contributed by atoms with Crippen LogP contribution in [0.1, 0.15) is 78.7 Å². The summed E-state index contributed by atoms with van der Waals surface area (Å²) in [6.07, 6.45) is 4.84. The highest BCUT2D eigenvalue weighted by Crippen LogP contribution is 2.38. The molecule has 1 fully saturated rings. The number of piperidine rings is 1. The van der Waals surface area contributed by atoms with Crippen molar-refractivity contribution in [3.8, 4) is 0 Å². The van der Waals surface area contributed by atoms with Gasteiger partial charge in [0.1, 0.15) is 0 Å².